The van der Waals surface area contributed by atoms with Gasteiger partial charge in [-0.1, -0.05) is 24.3 Å². The molecule has 4 rings (SSSR count). The molecule has 6 heteroatoms. The van der Waals surface area contributed by atoms with E-state index in [-0.39, 0.29) is 23.6 Å². The summed E-state index contributed by atoms with van der Waals surface area (Å²) in [6.45, 7) is 2.46. The van der Waals surface area contributed by atoms with E-state index in [4.69, 9.17) is 4.42 Å². The Morgan fingerprint density at radius 1 is 0.821 bits per heavy atom. The average Bonchev–Trinajstić information content (AvgIpc) is 3.26. The summed E-state index contributed by atoms with van der Waals surface area (Å²) < 4.78 is 31.8. The monoisotopic (exact) mass is 382 g/mol. The van der Waals surface area contributed by atoms with Crippen LogP contribution in [0.4, 0.5) is 8.78 Å². The number of halogens is 2. The van der Waals surface area contributed by atoms with Crippen molar-refractivity contribution in [1.29, 1.82) is 0 Å². The molecule has 1 amide bonds. The highest BCUT2D eigenvalue weighted by Crippen LogP contribution is 2.30. The standard InChI is InChI=1S/C22H20F2N2O2/c23-19-5-1-16(2-6-19)21(17-3-7-20(24)8-4-17)25-10-12-26(13-11-25)22(27)18-9-14-28-15-18/h1-9,14-15,21H,10-13H2. The number of carbonyl (C=O) groups is 1. The molecular formula is C22H20F2N2O2. The van der Waals surface area contributed by atoms with Crippen LogP contribution in [0, 0.1) is 11.6 Å². The molecule has 1 aromatic heterocycles. The molecule has 2 aromatic carbocycles. The normalized spacial score (nSPS) is 15.2. The van der Waals surface area contributed by atoms with E-state index in [2.05, 4.69) is 4.90 Å². The van der Waals surface area contributed by atoms with E-state index in [0.717, 1.165) is 11.1 Å². The third-order valence-corrected chi connectivity index (χ3v) is 5.11. The molecule has 1 saturated heterocycles. The summed E-state index contributed by atoms with van der Waals surface area (Å²) in [6.07, 6.45) is 2.94. The Balaban J connectivity index is 1.55. The Hall–Kier alpha value is -2.99. The van der Waals surface area contributed by atoms with Crippen LogP contribution in [-0.2, 0) is 0 Å². The van der Waals surface area contributed by atoms with Crippen LogP contribution in [0.2, 0.25) is 0 Å². The number of rotatable bonds is 4. The number of piperazine rings is 1. The number of nitrogens with zero attached hydrogens (tertiary/aromatic N) is 2. The summed E-state index contributed by atoms with van der Waals surface area (Å²) in [7, 11) is 0. The van der Waals surface area contributed by atoms with Crippen molar-refractivity contribution >= 4 is 5.91 Å². The lowest BCUT2D eigenvalue weighted by atomic mass is 9.96. The van der Waals surface area contributed by atoms with E-state index >= 15 is 0 Å². The van der Waals surface area contributed by atoms with Gasteiger partial charge in [0.15, 0.2) is 0 Å². The van der Waals surface area contributed by atoms with Crippen molar-refractivity contribution in [2.75, 3.05) is 26.2 Å². The number of hydrogen-bond donors (Lipinski definition) is 0. The number of benzene rings is 2. The first-order chi connectivity index (χ1) is 13.6. The van der Waals surface area contributed by atoms with Gasteiger partial charge in [0.25, 0.3) is 5.91 Å². The maximum Gasteiger partial charge on any atom is 0.257 e. The molecule has 0 N–H and O–H groups in total. The number of carbonyl (C=O) groups excluding carboxylic acids is 1. The number of furan rings is 1. The number of hydrogen-bond acceptors (Lipinski definition) is 3. The summed E-state index contributed by atoms with van der Waals surface area (Å²) in [5.74, 6) is -0.636. The van der Waals surface area contributed by atoms with Gasteiger partial charge in [-0.3, -0.25) is 9.69 Å². The predicted octanol–water partition coefficient (Wildman–Crippen LogP) is 4.11. The molecule has 1 aliphatic heterocycles. The van der Waals surface area contributed by atoms with Crippen molar-refractivity contribution in [1.82, 2.24) is 9.80 Å². The van der Waals surface area contributed by atoms with Crippen molar-refractivity contribution < 1.29 is 18.0 Å². The van der Waals surface area contributed by atoms with Crippen LogP contribution in [0.5, 0.6) is 0 Å². The van der Waals surface area contributed by atoms with Crippen molar-refractivity contribution in [2.24, 2.45) is 0 Å². The zero-order valence-electron chi connectivity index (χ0n) is 15.2. The Morgan fingerprint density at radius 3 is 1.82 bits per heavy atom. The van der Waals surface area contributed by atoms with Gasteiger partial charge < -0.3 is 9.32 Å². The molecule has 1 fully saturated rings. The predicted molar refractivity (Wildman–Crippen MR) is 101 cm³/mol. The molecule has 4 nitrogen and oxygen atoms in total. The quantitative estimate of drug-likeness (QED) is 0.682. The third-order valence-electron chi connectivity index (χ3n) is 5.11. The second-order valence-electron chi connectivity index (χ2n) is 6.85. The molecular weight excluding hydrogens is 362 g/mol. The van der Waals surface area contributed by atoms with Gasteiger partial charge in [-0.25, -0.2) is 8.78 Å². The van der Waals surface area contributed by atoms with Crippen LogP contribution < -0.4 is 0 Å². The minimum absolute atomic E-state index is 0.0477. The van der Waals surface area contributed by atoms with Gasteiger partial charge in [-0.05, 0) is 41.5 Å². The van der Waals surface area contributed by atoms with E-state index in [1.165, 1.54) is 36.8 Å². The highest BCUT2D eigenvalue weighted by atomic mass is 19.1. The lowest BCUT2D eigenvalue weighted by Gasteiger charge is -2.39. The van der Waals surface area contributed by atoms with Crippen molar-refractivity contribution in [2.45, 2.75) is 6.04 Å². The summed E-state index contributed by atoms with van der Waals surface area (Å²) in [5.41, 5.74) is 2.41. The molecule has 0 spiro atoms. The molecule has 0 atom stereocenters. The van der Waals surface area contributed by atoms with Crippen molar-refractivity contribution in [3.05, 3.63) is 95.4 Å². The fourth-order valence-electron chi connectivity index (χ4n) is 3.66. The lowest BCUT2D eigenvalue weighted by molar-refractivity contribution is 0.0596. The van der Waals surface area contributed by atoms with Crippen molar-refractivity contribution in [3.8, 4) is 0 Å². The molecule has 0 bridgehead atoms. The van der Waals surface area contributed by atoms with Gasteiger partial charge >= 0.3 is 0 Å². The van der Waals surface area contributed by atoms with E-state index < -0.39 is 0 Å². The topological polar surface area (TPSA) is 36.7 Å². The summed E-state index contributed by atoms with van der Waals surface area (Å²) in [4.78, 5) is 16.6. The first kappa shape index (κ1) is 18.4. The van der Waals surface area contributed by atoms with Gasteiger partial charge in [0, 0.05) is 26.2 Å². The second kappa shape index (κ2) is 7.94. The SMILES string of the molecule is O=C(c1ccoc1)N1CCN(C(c2ccc(F)cc2)c2ccc(F)cc2)CC1. The minimum atomic E-state index is -0.294. The Morgan fingerprint density at radius 2 is 1.36 bits per heavy atom. The van der Waals surface area contributed by atoms with Gasteiger partial charge in [0.2, 0.25) is 0 Å². The van der Waals surface area contributed by atoms with Gasteiger partial charge in [-0.2, -0.15) is 0 Å². The molecule has 0 aliphatic carbocycles. The van der Waals surface area contributed by atoms with E-state index in [1.54, 1.807) is 35.2 Å². The summed E-state index contributed by atoms with van der Waals surface area (Å²) in [5, 5.41) is 0. The molecule has 2 heterocycles. The highest BCUT2D eigenvalue weighted by molar-refractivity contribution is 5.93. The van der Waals surface area contributed by atoms with Crippen LogP contribution in [0.3, 0.4) is 0 Å². The number of amides is 1. The first-order valence-corrected chi connectivity index (χ1v) is 9.18. The lowest BCUT2D eigenvalue weighted by Crippen LogP contribution is -2.49. The van der Waals surface area contributed by atoms with Crippen LogP contribution in [-0.4, -0.2) is 41.9 Å². The van der Waals surface area contributed by atoms with E-state index in [0.29, 0.717) is 31.7 Å². The molecule has 28 heavy (non-hydrogen) atoms. The van der Waals surface area contributed by atoms with E-state index in [9.17, 15) is 13.6 Å². The maximum absolute atomic E-state index is 13.4. The van der Waals surface area contributed by atoms with Gasteiger partial charge in [0.1, 0.15) is 17.9 Å². The molecule has 0 unspecified atom stereocenters. The zero-order valence-corrected chi connectivity index (χ0v) is 15.2. The average molecular weight is 382 g/mol. The smallest absolute Gasteiger partial charge is 0.257 e. The molecule has 0 saturated carbocycles. The largest absolute Gasteiger partial charge is 0.472 e. The van der Waals surface area contributed by atoms with Crippen LogP contribution in [0.25, 0.3) is 0 Å². The summed E-state index contributed by atoms with van der Waals surface area (Å²) >= 11 is 0. The zero-order chi connectivity index (χ0) is 19.5. The fraction of sp³-hybridized carbons (Fsp3) is 0.227. The van der Waals surface area contributed by atoms with Gasteiger partial charge in [-0.15, -0.1) is 0 Å². The maximum atomic E-state index is 13.4. The third kappa shape index (κ3) is 3.82. The molecule has 0 radical (unpaired) electrons. The Kier molecular flexibility index (Phi) is 5.21. The van der Waals surface area contributed by atoms with Crippen LogP contribution in [0.1, 0.15) is 27.5 Å². The molecule has 144 valence electrons. The van der Waals surface area contributed by atoms with Gasteiger partial charge in [0.05, 0.1) is 17.9 Å². The first-order valence-electron chi connectivity index (χ1n) is 9.18. The highest BCUT2D eigenvalue weighted by Gasteiger charge is 2.29. The van der Waals surface area contributed by atoms with E-state index in [1.807, 2.05) is 0 Å². The Labute approximate surface area is 162 Å². The summed E-state index contributed by atoms with van der Waals surface area (Å²) in [6, 6.07) is 14.3. The van der Waals surface area contributed by atoms with Crippen LogP contribution in [0.15, 0.2) is 71.5 Å². The fourth-order valence-corrected chi connectivity index (χ4v) is 3.66. The second-order valence-corrected chi connectivity index (χ2v) is 6.85. The van der Waals surface area contributed by atoms with Crippen LogP contribution >= 0.6 is 0 Å². The van der Waals surface area contributed by atoms with Crippen molar-refractivity contribution in [3.63, 3.8) is 0 Å². The Bertz CT molecular complexity index is 871. The molecule has 1 aliphatic rings. The minimum Gasteiger partial charge on any atom is -0.472 e. The molecule has 3 aromatic rings.